The zero-order valence-electron chi connectivity index (χ0n) is 8.05. The molecule has 0 fully saturated rings. The summed E-state index contributed by atoms with van der Waals surface area (Å²) in [7, 11) is 0. The maximum atomic E-state index is 9.07. The highest BCUT2D eigenvalue weighted by Gasteiger charge is 1.94. The highest BCUT2D eigenvalue weighted by molar-refractivity contribution is 5.41. The fourth-order valence-corrected chi connectivity index (χ4v) is 1.14. The molecule has 2 rings (SSSR count). The number of phenols is 1. The van der Waals surface area contributed by atoms with Crippen LogP contribution in [0.25, 0.3) is 0 Å². The van der Waals surface area contributed by atoms with Gasteiger partial charge >= 0.3 is 0 Å². The lowest BCUT2D eigenvalue weighted by Gasteiger charge is -2.07. The summed E-state index contributed by atoms with van der Waals surface area (Å²) in [6.07, 6.45) is 0. The molecule has 0 aliphatic rings. The van der Waals surface area contributed by atoms with Gasteiger partial charge in [-0.1, -0.05) is 18.2 Å². The molecule has 0 heterocycles. The minimum atomic E-state index is 0.224. The summed E-state index contributed by atoms with van der Waals surface area (Å²) in [5, 5.41) is 9.07. The van der Waals surface area contributed by atoms with E-state index >= 15 is 0 Å². The molecule has 0 aromatic heterocycles. The summed E-state index contributed by atoms with van der Waals surface area (Å²) in [4.78, 5) is 5.29. The summed E-state index contributed by atoms with van der Waals surface area (Å²) in [6, 6.07) is 16.1. The first-order chi connectivity index (χ1) is 7.34. The molecule has 2 aromatic carbocycles. The number of anilines is 1. The molecule has 0 atom stereocenters. The number of para-hydroxylation sites is 1. The van der Waals surface area contributed by atoms with Crippen molar-refractivity contribution in [2.45, 2.75) is 0 Å². The van der Waals surface area contributed by atoms with Crippen LogP contribution in [0, 0.1) is 0 Å². The van der Waals surface area contributed by atoms with E-state index in [4.69, 9.17) is 9.94 Å². The minimum Gasteiger partial charge on any atom is -0.508 e. The van der Waals surface area contributed by atoms with Crippen molar-refractivity contribution in [3.63, 3.8) is 0 Å². The largest absolute Gasteiger partial charge is 0.508 e. The van der Waals surface area contributed by atoms with E-state index in [9.17, 15) is 0 Å². The maximum absolute atomic E-state index is 9.07. The second-order valence-electron chi connectivity index (χ2n) is 3.06. The predicted octanol–water partition coefficient (Wildman–Crippen LogP) is 2.80. The summed E-state index contributed by atoms with van der Waals surface area (Å²) in [5.74, 6) is 0.874. The van der Waals surface area contributed by atoms with E-state index in [0.29, 0.717) is 5.75 Å². The van der Waals surface area contributed by atoms with Gasteiger partial charge in [-0.15, -0.1) is 0 Å². The number of rotatable bonds is 3. The first kappa shape index (κ1) is 9.40. The fourth-order valence-electron chi connectivity index (χ4n) is 1.14. The Kier molecular flexibility index (Phi) is 2.74. The summed E-state index contributed by atoms with van der Waals surface area (Å²) in [6.45, 7) is 0. The molecule has 3 nitrogen and oxygen atoms in total. The van der Waals surface area contributed by atoms with E-state index in [-0.39, 0.29) is 5.75 Å². The van der Waals surface area contributed by atoms with Crippen molar-refractivity contribution >= 4 is 5.69 Å². The van der Waals surface area contributed by atoms with Gasteiger partial charge in [0.25, 0.3) is 0 Å². The van der Waals surface area contributed by atoms with Gasteiger partial charge in [-0.25, -0.2) is 5.48 Å². The number of nitrogens with one attached hydrogen (secondary N) is 1. The van der Waals surface area contributed by atoms with Crippen LogP contribution in [-0.4, -0.2) is 5.11 Å². The normalized spacial score (nSPS) is 9.60. The molecular formula is C12H11NO2. The number of hydrogen-bond donors (Lipinski definition) is 2. The Morgan fingerprint density at radius 3 is 2.20 bits per heavy atom. The Bertz CT molecular complexity index is 411. The number of hydrogen-bond acceptors (Lipinski definition) is 3. The molecule has 2 N–H and O–H groups in total. The van der Waals surface area contributed by atoms with Gasteiger partial charge in [-0.2, -0.15) is 0 Å². The SMILES string of the molecule is Oc1ccc(ONc2ccccc2)cc1. The second-order valence-corrected chi connectivity index (χ2v) is 3.06. The molecule has 0 saturated heterocycles. The third-order valence-electron chi connectivity index (χ3n) is 1.90. The van der Waals surface area contributed by atoms with Crippen LogP contribution in [0.5, 0.6) is 11.5 Å². The Hall–Kier alpha value is -2.16. The average Bonchev–Trinajstić information content (AvgIpc) is 2.30. The Labute approximate surface area is 87.9 Å². The lowest BCUT2D eigenvalue weighted by atomic mass is 10.3. The smallest absolute Gasteiger partial charge is 0.155 e. The number of benzene rings is 2. The molecule has 0 radical (unpaired) electrons. The van der Waals surface area contributed by atoms with Crippen molar-refractivity contribution < 1.29 is 9.94 Å². The summed E-state index contributed by atoms with van der Waals surface area (Å²) >= 11 is 0. The molecule has 0 unspecified atom stereocenters. The van der Waals surface area contributed by atoms with Gasteiger partial charge in [0.2, 0.25) is 0 Å². The molecular weight excluding hydrogens is 190 g/mol. The van der Waals surface area contributed by atoms with Gasteiger partial charge in [-0.3, -0.25) is 0 Å². The van der Waals surface area contributed by atoms with Gasteiger partial charge in [0.1, 0.15) is 5.75 Å². The van der Waals surface area contributed by atoms with Crippen molar-refractivity contribution in [2.75, 3.05) is 5.48 Å². The quantitative estimate of drug-likeness (QED) is 0.750. The lowest BCUT2D eigenvalue weighted by Crippen LogP contribution is -2.03. The highest BCUT2D eigenvalue weighted by Crippen LogP contribution is 2.16. The fraction of sp³-hybridized carbons (Fsp3) is 0. The minimum absolute atomic E-state index is 0.224. The van der Waals surface area contributed by atoms with E-state index < -0.39 is 0 Å². The number of aromatic hydroxyl groups is 1. The molecule has 0 spiro atoms. The maximum Gasteiger partial charge on any atom is 0.155 e. The van der Waals surface area contributed by atoms with Crippen LogP contribution in [0.3, 0.4) is 0 Å². The molecule has 0 aliphatic heterocycles. The van der Waals surface area contributed by atoms with Crippen molar-refractivity contribution in [1.29, 1.82) is 0 Å². The third kappa shape index (κ3) is 2.64. The van der Waals surface area contributed by atoms with Crippen LogP contribution >= 0.6 is 0 Å². The van der Waals surface area contributed by atoms with E-state index in [1.165, 1.54) is 0 Å². The monoisotopic (exact) mass is 201 g/mol. The first-order valence-electron chi connectivity index (χ1n) is 4.61. The van der Waals surface area contributed by atoms with Crippen molar-refractivity contribution in [3.8, 4) is 11.5 Å². The topological polar surface area (TPSA) is 41.5 Å². The molecule has 0 aliphatic carbocycles. The molecule has 0 bridgehead atoms. The van der Waals surface area contributed by atoms with Crippen molar-refractivity contribution in [2.24, 2.45) is 0 Å². The molecule has 76 valence electrons. The Morgan fingerprint density at radius 2 is 1.53 bits per heavy atom. The standard InChI is InChI=1S/C12H11NO2/c14-11-6-8-12(9-7-11)15-13-10-4-2-1-3-5-10/h1-9,13-14H. The van der Waals surface area contributed by atoms with Crippen molar-refractivity contribution in [3.05, 3.63) is 54.6 Å². The predicted molar refractivity (Wildman–Crippen MR) is 58.8 cm³/mol. The average molecular weight is 201 g/mol. The van der Waals surface area contributed by atoms with Gasteiger partial charge < -0.3 is 9.94 Å². The van der Waals surface area contributed by atoms with Crippen molar-refractivity contribution in [1.82, 2.24) is 0 Å². The molecule has 3 heteroatoms. The van der Waals surface area contributed by atoms with Gasteiger partial charge in [-0.05, 0) is 36.4 Å². The Morgan fingerprint density at radius 1 is 0.867 bits per heavy atom. The zero-order chi connectivity index (χ0) is 10.5. The lowest BCUT2D eigenvalue weighted by molar-refractivity contribution is 0.403. The van der Waals surface area contributed by atoms with E-state index in [1.54, 1.807) is 24.3 Å². The number of phenolic OH excluding ortho intramolecular Hbond substituents is 1. The van der Waals surface area contributed by atoms with Crippen LogP contribution in [0.2, 0.25) is 0 Å². The van der Waals surface area contributed by atoms with Gasteiger partial charge in [0.15, 0.2) is 5.75 Å². The third-order valence-corrected chi connectivity index (χ3v) is 1.90. The van der Waals surface area contributed by atoms with Gasteiger partial charge in [0, 0.05) is 0 Å². The Balaban J connectivity index is 1.96. The molecule has 0 saturated carbocycles. The molecule has 15 heavy (non-hydrogen) atoms. The van der Waals surface area contributed by atoms with Crippen LogP contribution in [0.4, 0.5) is 5.69 Å². The van der Waals surface area contributed by atoms with Crippen LogP contribution < -0.4 is 10.3 Å². The van der Waals surface area contributed by atoms with Gasteiger partial charge in [0.05, 0.1) is 5.69 Å². The van der Waals surface area contributed by atoms with E-state index in [2.05, 4.69) is 5.48 Å². The summed E-state index contributed by atoms with van der Waals surface area (Å²) in [5.41, 5.74) is 3.68. The van der Waals surface area contributed by atoms with Crippen LogP contribution in [0.1, 0.15) is 0 Å². The highest BCUT2D eigenvalue weighted by atomic mass is 16.6. The molecule has 2 aromatic rings. The zero-order valence-corrected chi connectivity index (χ0v) is 8.05. The summed E-state index contributed by atoms with van der Waals surface area (Å²) < 4.78 is 0. The molecule has 0 amide bonds. The van der Waals surface area contributed by atoms with E-state index in [0.717, 1.165) is 5.69 Å². The van der Waals surface area contributed by atoms with E-state index in [1.807, 2.05) is 30.3 Å². The van der Waals surface area contributed by atoms with Crippen LogP contribution in [0.15, 0.2) is 54.6 Å². The second kappa shape index (κ2) is 4.37. The first-order valence-corrected chi connectivity index (χ1v) is 4.61. The van der Waals surface area contributed by atoms with Crippen LogP contribution in [-0.2, 0) is 0 Å².